The van der Waals surface area contributed by atoms with Gasteiger partial charge in [-0.1, -0.05) is 29.8 Å². The molecular weight excluding hydrogens is 400 g/mol. The summed E-state index contributed by atoms with van der Waals surface area (Å²) >= 11 is 6.10. The summed E-state index contributed by atoms with van der Waals surface area (Å²) in [6.45, 7) is 2.86. The van der Waals surface area contributed by atoms with E-state index in [0.29, 0.717) is 13.1 Å². The predicted molar refractivity (Wildman–Crippen MR) is 121 cm³/mol. The first-order valence-electron chi connectivity index (χ1n) is 10.1. The van der Waals surface area contributed by atoms with Crippen LogP contribution in [0.3, 0.4) is 0 Å². The average Bonchev–Trinajstić information content (AvgIpc) is 2.74. The number of aromatic nitrogens is 1. The van der Waals surface area contributed by atoms with Crippen molar-refractivity contribution in [2.75, 3.05) is 32.1 Å². The molecule has 1 aromatic heterocycles. The molecular formula is C22H29ClN6O. The fourth-order valence-electron chi connectivity index (χ4n) is 3.77. The first-order valence-corrected chi connectivity index (χ1v) is 10.5. The maximum Gasteiger partial charge on any atom is 0.220 e. The fraction of sp³-hybridized carbons (Fsp3) is 0.409. The van der Waals surface area contributed by atoms with Crippen LogP contribution in [0.2, 0.25) is 5.02 Å². The van der Waals surface area contributed by atoms with Crippen LogP contribution in [-0.2, 0) is 17.9 Å². The van der Waals surface area contributed by atoms with Crippen molar-refractivity contribution < 1.29 is 4.79 Å². The molecule has 8 heteroatoms. The zero-order valence-corrected chi connectivity index (χ0v) is 18.3. The number of hydrogen-bond donors (Lipinski definition) is 2. The Kier molecular flexibility index (Phi) is 7.52. The molecule has 30 heavy (non-hydrogen) atoms. The molecule has 1 aromatic carbocycles. The van der Waals surface area contributed by atoms with Gasteiger partial charge in [0.15, 0.2) is 5.96 Å². The van der Waals surface area contributed by atoms with E-state index in [-0.39, 0.29) is 11.8 Å². The molecule has 1 amide bonds. The number of rotatable bonds is 6. The molecule has 160 valence electrons. The maximum atomic E-state index is 11.4. The first-order chi connectivity index (χ1) is 14.5. The van der Waals surface area contributed by atoms with Crippen LogP contribution < -0.4 is 16.0 Å². The van der Waals surface area contributed by atoms with Crippen molar-refractivity contribution in [1.29, 1.82) is 0 Å². The van der Waals surface area contributed by atoms with Crippen molar-refractivity contribution >= 4 is 29.3 Å². The number of piperidine rings is 1. The minimum Gasteiger partial charge on any atom is -0.369 e. The van der Waals surface area contributed by atoms with Crippen molar-refractivity contribution in [3.8, 4) is 0 Å². The Morgan fingerprint density at radius 1 is 1.33 bits per heavy atom. The predicted octanol–water partition coefficient (Wildman–Crippen LogP) is 2.64. The number of guanidine groups is 1. The highest BCUT2D eigenvalue weighted by Gasteiger charge is 2.25. The summed E-state index contributed by atoms with van der Waals surface area (Å²) in [5.74, 6) is 1.49. The van der Waals surface area contributed by atoms with E-state index in [2.05, 4.69) is 31.2 Å². The molecule has 0 bridgehead atoms. The highest BCUT2D eigenvalue weighted by atomic mass is 35.5. The summed E-state index contributed by atoms with van der Waals surface area (Å²) in [6, 6.07) is 11.8. The number of anilines is 1. The van der Waals surface area contributed by atoms with Gasteiger partial charge in [0.25, 0.3) is 0 Å². The quantitative estimate of drug-likeness (QED) is 0.545. The van der Waals surface area contributed by atoms with Crippen molar-refractivity contribution in [2.24, 2.45) is 16.6 Å². The van der Waals surface area contributed by atoms with E-state index in [1.54, 1.807) is 13.2 Å². The summed E-state index contributed by atoms with van der Waals surface area (Å²) in [5, 5.41) is 4.15. The number of amides is 1. The molecule has 0 radical (unpaired) electrons. The third-order valence-corrected chi connectivity index (χ3v) is 5.62. The molecule has 7 nitrogen and oxygen atoms in total. The summed E-state index contributed by atoms with van der Waals surface area (Å²) in [5.41, 5.74) is 7.67. The van der Waals surface area contributed by atoms with Crippen LogP contribution in [0, 0.1) is 5.92 Å². The Morgan fingerprint density at radius 2 is 2.10 bits per heavy atom. The minimum atomic E-state index is -0.205. The number of hydrogen-bond acceptors (Lipinski definition) is 4. The van der Waals surface area contributed by atoms with Crippen molar-refractivity contribution in [3.63, 3.8) is 0 Å². The lowest BCUT2D eigenvalue weighted by atomic mass is 9.96. The maximum absolute atomic E-state index is 11.4. The van der Waals surface area contributed by atoms with Gasteiger partial charge in [0, 0.05) is 63.0 Å². The number of nitrogens with zero attached hydrogens (tertiary/aromatic N) is 4. The number of pyridine rings is 1. The van der Waals surface area contributed by atoms with Gasteiger partial charge in [0.2, 0.25) is 5.91 Å². The van der Waals surface area contributed by atoms with Gasteiger partial charge < -0.3 is 20.9 Å². The second-order valence-electron chi connectivity index (χ2n) is 7.54. The minimum absolute atomic E-state index is 0.0366. The van der Waals surface area contributed by atoms with Crippen LogP contribution in [0.5, 0.6) is 0 Å². The van der Waals surface area contributed by atoms with Gasteiger partial charge in [-0.3, -0.25) is 9.79 Å². The van der Waals surface area contributed by atoms with E-state index in [1.165, 1.54) is 0 Å². The molecule has 0 saturated carbocycles. The van der Waals surface area contributed by atoms with Gasteiger partial charge in [-0.05, 0) is 36.6 Å². The number of carbonyl (C=O) groups excluding carboxylic acids is 1. The molecule has 2 aromatic rings. The van der Waals surface area contributed by atoms with Gasteiger partial charge in [0.05, 0.1) is 0 Å². The zero-order chi connectivity index (χ0) is 21.5. The molecule has 0 aliphatic carbocycles. The SMILES string of the molecule is CN=C(NCc1cccnc1N1CCC(C(N)=O)CC1)N(C)Cc1cccc(Cl)c1. The molecule has 3 rings (SSSR count). The lowest BCUT2D eigenvalue weighted by molar-refractivity contribution is -0.122. The lowest BCUT2D eigenvalue weighted by Gasteiger charge is -2.32. The molecule has 1 aliphatic heterocycles. The molecule has 0 atom stereocenters. The Hall–Kier alpha value is -2.80. The Morgan fingerprint density at radius 3 is 2.77 bits per heavy atom. The van der Waals surface area contributed by atoms with Crippen molar-refractivity contribution in [1.82, 2.24) is 15.2 Å². The second kappa shape index (κ2) is 10.3. The van der Waals surface area contributed by atoms with E-state index in [4.69, 9.17) is 17.3 Å². The van der Waals surface area contributed by atoms with Gasteiger partial charge in [-0.15, -0.1) is 0 Å². The number of aliphatic imine (C=N–C) groups is 1. The topological polar surface area (TPSA) is 86.9 Å². The number of nitrogens with one attached hydrogen (secondary N) is 1. The Labute approximate surface area is 182 Å². The molecule has 3 N–H and O–H groups in total. The van der Waals surface area contributed by atoms with Crippen LogP contribution in [0.1, 0.15) is 24.0 Å². The fourth-order valence-corrected chi connectivity index (χ4v) is 3.98. The smallest absolute Gasteiger partial charge is 0.220 e. The van der Waals surface area contributed by atoms with Crippen LogP contribution in [-0.4, -0.2) is 48.9 Å². The molecule has 2 heterocycles. The van der Waals surface area contributed by atoms with Crippen LogP contribution in [0.4, 0.5) is 5.82 Å². The van der Waals surface area contributed by atoms with Crippen LogP contribution in [0.25, 0.3) is 0 Å². The summed E-state index contributed by atoms with van der Waals surface area (Å²) in [7, 11) is 3.77. The average molecular weight is 429 g/mol. The Bertz CT molecular complexity index is 895. The molecule has 1 fully saturated rings. The summed E-state index contributed by atoms with van der Waals surface area (Å²) in [4.78, 5) is 24.7. The monoisotopic (exact) mass is 428 g/mol. The largest absolute Gasteiger partial charge is 0.369 e. The Balaban J connectivity index is 1.63. The molecule has 0 unspecified atom stereocenters. The standard InChI is InChI=1S/C22H29ClN6O/c1-25-22(28(2)15-16-5-3-7-19(23)13-16)27-14-18-6-4-10-26-21(18)29-11-8-17(9-12-29)20(24)30/h3-7,10,13,17H,8-9,11-12,14-15H2,1-2H3,(H2,24,30)(H,25,27). The number of benzene rings is 1. The second-order valence-corrected chi connectivity index (χ2v) is 7.97. The lowest BCUT2D eigenvalue weighted by Crippen LogP contribution is -2.40. The van der Waals surface area contributed by atoms with Gasteiger partial charge >= 0.3 is 0 Å². The first kappa shape index (κ1) is 21.9. The highest BCUT2D eigenvalue weighted by Crippen LogP contribution is 2.24. The molecule has 1 aliphatic rings. The number of primary amides is 1. The number of nitrogens with two attached hydrogens (primary N) is 1. The van der Waals surface area contributed by atoms with Crippen LogP contribution in [0.15, 0.2) is 47.6 Å². The molecule has 0 spiro atoms. The van der Waals surface area contributed by atoms with E-state index in [0.717, 1.165) is 53.9 Å². The normalized spacial score (nSPS) is 15.2. The van der Waals surface area contributed by atoms with E-state index in [9.17, 15) is 4.79 Å². The van der Waals surface area contributed by atoms with Gasteiger partial charge in [-0.2, -0.15) is 0 Å². The molecule has 1 saturated heterocycles. The van der Waals surface area contributed by atoms with Crippen molar-refractivity contribution in [3.05, 3.63) is 58.7 Å². The van der Waals surface area contributed by atoms with Crippen molar-refractivity contribution in [2.45, 2.75) is 25.9 Å². The van der Waals surface area contributed by atoms with Gasteiger partial charge in [0.1, 0.15) is 5.82 Å². The summed E-state index contributed by atoms with van der Waals surface area (Å²) in [6.07, 6.45) is 3.34. The van der Waals surface area contributed by atoms with Crippen LogP contribution >= 0.6 is 11.6 Å². The third kappa shape index (κ3) is 5.63. The van der Waals surface area contributed by atoms with Gasteiger partial charge in [-0.25, -0.2) is 4.98 Å². The zero-order valence-electron chi connectivity index (χ0n) is 17.5. The van der Waals surface area contributed by atoms with E-state index in [1.807, 2.05) is 37.4 Å². The van der Waals surface area contributed by atoms with E-state index >= 15 is 0 Å². The number of carbonyl (C=O) groups is 1. The van der Waals surface area contributed by atoms with E-state index < -0.39 is 0 Å². The summed E-state index contributed by atoms with van der Waals surface area (Å²) < 4.78 is 0. The third-order valence-electron chi connectivity index (χ3n) is 5.38. The highest BCUT2D eigenvalue weighted by molar-refractivity contribution is 6.30. The number of halogens is 1.